The van der Waals surface area contributed by atoms with E-state index in [0.717, 1.165) is 0 Å². The van der Waals surface area contributed by atoms with Crippen LogP contribution in [0, 0.1) is 29.2 Å². The van der Waals surface area contributed by atoms with Gasteiger partial charge in [-0.1, -0.05) is 46.8 Å². The third-order valence-corrected chi connectivity index (χ3v) is 4.98. The number of ether oxygens (including phenoxy) is 1. The Bertz CT molecular complexity index is 968. The maximum atomic E-state index is 14.4. The van der Waals surface area contributed by atoms with E-state index in [1.165, 1.54) is 24.5 Å². The predicted molar refractivity (Wildman–Crippen MR) is 113 cm³/mol. The molecule has 0 aliphatic rings. The molecule has 2 rings (SSSR count). The van der Waals surface area contributed by atoms with Crippen molar-refractivity contribution in [1.29, 1.82) is 0 Å². The van der Waals surface area contributed by atoms with Gasteiger partial charge in [-0.25, -0.2) is 27.5 Å². The van der Waals surface area contributed by atoms with Crippen LogP contribution in [0.3, 0.4) is 0 Å². The summed E-state index contributed by atoms with van der Waals surface area (Å²) in [5, 5.41) is 0. The van der Waals surface area contributed by atoms with Crippen molar-refractivity contribution >= 4 is 5.97 Å². The van der Waals surface area contributed by atoms with Gasteiger partial charge in [-0.05, 0) is 19.3 Å². The SMILES string of the molecule is CC=CCc1c(F)c(F)c(COC(=O)C(c2cnc(C(C)(C)C)nc2)C(C)C)c(F)c1F. The van der Waals surface area contributed by atoms with Crippen molar-refractivity contribution < 1.29 is 27.1 Å². The van der Waals surface area contributed by atoms with E-state index in [1.54, 1.807) is 20.8 Å². The quantitative estimate of drug-likeness (QED) is 0.226. The second kappa shape index (κ2) is 10.2. The Morgan fingerprint density at radius 2 is 1.50 bits per heavy atom. The van der Waals surface area contributed by atoms with Crippen molar-refractivity contribution in [3.63, 3.8) is 0 Å². The van der Waals surface area contributed by atoms with Gasteiger partial charge in [-0.2, -0.15) is 0 Å². The van der Waals surface area contributed by atoms with Crippen LogP contribution in [0.2, 0.25) is 0 Å². The molecule has 4 nitrogen and oxygen atoms in total. The Morgan fingerprint density at radius 1 is 1.00 bits per heavy atom. The molecule has 1 aromatic heterocycles. The summed E-state index contributed by atoms with van der Waals surface area (Å²) in [4.78, 5) is 21.3. The second-order valence-electron chi connectivity index (χ2n) is 8.91. The molecular weight excluding hydrogens is 424 g/mol. The summed E-state index contributed by atoms with van der Waals surface area (Å²) >= 11 is 0. The van der Waals surface area contributed by atoms with Crippen LogP contribution in [-0.4, -0.2) is 15.9 Å². The van der Waals surface area contributed by atoms with Crippen LogP contribution in [-0.2, 0) is 28.0 Å². The van der Waals surface area contributed by atoms with Gasteiger partial charge in [0.25, 0.3) is 0 Å². The Kier molecular flexibility index (Phi) is 8.15. The third-order valence-electron chi connectivity index (χ3n) is 4.98. The van der Waals surface area contributed by atoms with Gasteiger partial charge in [0.2, 0.25) is 0 Å². The molecule has 1 aromatic carbocycles. The molecule has 0 radical (unpaired) electrons. The highest BCUT2D eigenvalue weighted by Crippen LogP contribution is 2.29. The molecule has 0 saturated carbocycles. The lowest BCUT2D eigenvalue weighted by Gasteiger charge is -2.21. The average molecular weight is 452 g/mol. The fraction of sp³-hybridized carbons (Fsp3) is 0.458. The van der Waals surface area contributed by atoms with Gasteiger partial charge in [0, 0.05) is 28.9 Å². The van der Waals surface area contributed by atoms with Crippen LogP contribution in [0.25, 0.3) is 0 Å². The fourth-order valence-corrected chi connectivity index (χ4v) is 3.18. The number of rotatable bonds is 7. The first kappa shape index (κ1) is 25.5. The minimum Gasteiger partial charge on any atom is -0.460 e. The number of hydrogen-bond acceptors (Lipinski definition) is 4. The Balaban J connectivity index is 2.28. The summed E-state index contributed by atoms with van der Waals surface area (Å²) < 4.78 is 62.4. The molecule has 0 amide bonds. The summed E-state index contributed by atoms with van der Waals surface area (Å²) in [6.45, 7) is 10.0. The van der Waals surface area contributed by atoms with E-state index in [0.29, 0.717) is 11.4 Å². The van der Waals surface area contributed by atoms with Crippen molar-refractivity contribution in [2.75, 3.05) is 0 Å². The number of carbonyl (C=O) groups excluding carboxylic acids is 1. The summed E-state index contributed by atoms with van der Waals surface area (Å²) in [7, 11) is 0. The Hall–Kier alpha value is -2.77. The largest absolute Gasteiger partial charge is 0.460 e. The van der Waals surface area contributed by atoms with Crippen LogP contribution >= 0.6 is 0 Å². The number of allylic oxidation sites excluding steroid dienone is 2. The van der Waals surface area contributed by atoms with E-state index in [2.05, 4.69) is 9.97 Å². The van der Waals surface area contributed by atoms with Gasteiger partial charge in [0.05, 0.1) is 11.5 Å². The van der Waals surface area contributed by atoms with E-state index in [1.807, 2.05) is 20.8 Å². The Labute approximate surface area is 185 Å². The number of aromatic nitrogens is 2. The summed E-state index contributed by atoms with van der Waals surface area (Å²) in [5.74, 6) is -7.43. The maximum Gasteiger partial charge on any atom is 0.314 e. The number of esters is 1. The fourth-order valence-electron chi connectivity index (χ4n) is 3.18. The van der Waals surface area contributed by atoms with Crippen LogP contribution in [0.4, 0.5) is 17.6 Å². The van der Waals surface area contributed by atoms with Crippen molar-refractivity contribution in [3.05, 3.63) is 70.3 Å². The highest BCUT2D eigenvalue weighted by Gasteiger charge is 2.30. The molecule has 0 spiro atoms. The minimum atomic E-state index is -1.57. The normalized spacial score (nSPS) is 13.1. The molecule has 32 heavy (non-hydrogen) atoms. The first-order chi connectivity index (χ1) is 14.9. The predicted octanol–water partition coefficient (Wildman–Crippen LogP) is 5.93. The lowest BCUT2D eigenvalue weighted by atomic mass is 9.89. The third kappa shape index (κ3) is 5.53. The zero-order valence-electron chi connectivity index (χ0n) is 19.1. The first-order valence-electron chi connectivity index (χ1n) is 10.3. The van der Waals surface area contributed by atoms with Crippen LogP contribution in [0.1, 0.15) is 70.0 Å². The zero-order chi connectivity index (χ0) is 24.2. The summed E-state index contributed by atoms with van der Waals surface area (Å²) in [6.07, 6.45) is 5.60. The lowest BCUT2D eigenvalue weighted by molar-refractivity contribution is -0.148. The van der Waals surface area contributed by atoms with Crippen molar-refractivity contribution in [2.24, 2.45) is 5.92 Å². The lowest BCUT2D eigenvalue weighted by Crippen LogP contribution is -2.23. The smallest absolute Gasteiger partial charge is 0.314 e. The molecule has 1 atom stereocenters. The monoisotopic (exact) mass is 452 g/mol. The summed E-state index contributed by atoms with van der Waals surface area (Å²) in [5.41, 5.74) is -1.50. The number of carbonyl (C=O) groups is 1. The molecular formula is C24H28F4N2O2. The molecule has 0 N–H and O–H groups in total. The molecule has 0 aliphatic heterocycles. The van der Waals surface area contributed by atoms with E-state index in [-0.39, 0.29) is 17.8 Å². The van der Waals surface area contributed by atoms with E-state index >= 15 is 0 Å². The van der Waals surface area contributed by atoms with Gasteiger partial charge in [-0.3, -0.25) is 4.79 Å². The molecule has 0 aliphatic carbocycles. The summed E-state index contributed by atoms with van der Waals surface area (Å²) in [6, 6.07) is 0. The maximum absolute atomic E-state index is 14.4. The van der Waals surface area contributed by atoms with Gasteiger partial charge >= 0.3 is 5.97 Å². The topological polar surface area (TPSA) is 52.1 Å². The Morgan fingerprint density at radius 3 is 1.94 bits per heavy atom. The van der Waals surface area contributed by atoms with Gasteiger partial charge in [-0.15, -0.1) is 0 Å². The zero-order valence-corrected chi connectivity index (χ0v) is 19.1. The number of nitrogens with zero attached hydrogens (tertiary/aromatic N) is 2. The highest BCUT2D eigenvalue weighted by atomic mass is 19.2. The minimum absolute atomic E-state index is 0.252. The van der Waals surface area contributed by atoms with Crippen molar-refractivity contribution in [2.45, 2.75) is 65.9 Å². The van der Waals surface area contributed by atoms with Crippen LogP contribution < -0.4 is 0 Å². The van der Waals surface area contributed by atoms with Gasteiger partial charge in [0.15, 0.2) is 23.3 Å². The number of benzene rings is 1. The van der Waals surface area contributed by atoms with Crippen LogP contribution in [0.5, 0.6) is 0 Å². The van der Waals surface area contributed by atoms with Gasteiger partial charge in [0.1, 0.15) is 12.4 Å². The van der Waals surface area contributed by atoms with Crippen molar-refractivity contribution in [1.82, 2.24) is 9.97 Å². The second-order valence-corrected chi connectivity index (χ2v) is 8.91. The molecule has 8 heteroatoms. The van der Waals surface area contributed by atoms with E-state index in [4.69, 9.17) is 4.74 Å². The highest BCUT2D eigenvalue weighted by molar-refractivity contribution is 5.78. The molecule has 1 unspecified atom stereocenters. The van der Waals surface area contributed by atoms with Crippen molar-refractivity contribution in [3.8, 4) is 0 Å². The van der Waals surface area contributed by atoms with Crippen LogP contribution in [0.15, 0.2) is 24.5 Å². The van der Waals surface area contributed by atoms with Gasteiger partial charge < -0.3 is 4.74 Å². The number of halogens is 4. The van der Waals surface area contributed by atoms with E-state index < -0.39 is 52.9 Å². The molecule has 0 saturated heterocycles. The number of hydrogen-bond donors (Lipinski definition) is 0. The molecule has 174 valence electrons. The molecule has 0 bridgehead atoms. The first-order valence-corrected chi connectivity index (χ1v) is 10.3. The molecule has 0 fully saturated rings. The average Bonchev–Trinajstić information content (AvgIpc) is 2.72. The molecule has 2 aromatic rings. The molecule has 1 heterocycles. The standard InChI is InChI=1S/C24H28F4N2O2/c1-7-8-9-15-18(25)20(27)16(21(28)19(15)26)12-32-22(31)17(13(2)3)14-10-29-23(30-11-14)24(4,5)6/h7-8,10-11,13,17H,9,12H2,1-6H3. The van der Waals surface area contributed by atoms with E-state index in [9.17, 15) is 22.4 Å².